The molecule has 158 valence electrons. The lowest BCUT2D eigenvalue weighted by molar-refractivity contribution is -0.116. The summed E-state index contributed by atoms with van der Waals surface area (Å²) in [7, 11) is 2.16. The van der Waals surface area contributed by atoms with Crippen molar-refractivity contribution in [2.45, 2.75) is 19.9 Å². The van der Waals surface area contributed by atoms with Gasteiger partial charge in [0.1, 0.15) is 0 Å². The molecule has 0 saturated carbocycles. The Hall–Kier alpha value is -2.49. The Kier molecular flexibility index (Phi) is 6.31. The Morgan fingerprint density at radius 3 is 2.77 bits per heavy atom. The fourth-order valence-corrected chi connectivity index (χ4v) is 4.64. The Labute approximate surface area is 185 Å². The van der Waals surface area contributed by atoms with E-state index in [1.54, 1.807) is 11.3 Å². The van der Waals surface area contributed by atoms with Crippen LogP contribution in [0, 0.1) is 11.7 Å². The van der Waals surface area contributed by atoms with Crippen LogP contribution in [-0.4, -0.2) is 58.8 Å². The van der Waals surface area contributed by atoms with Gasteiger partial charge in [-0.1, -0.05) is 6.07 Å². The highest BCUT2D eigenvalue weighted by Crippen LogP contribution is 2.25. The predicted molar refractivity (Wildman–Crippen MR) is 125 cm³/mol. The molecule has 0 atom stereocenters. The first-order valence-electron chi connectivity index (χ1n) is 10.0. The molecular formula is C21H26N6OS2. The van der Waals surface area contributed by atoms with Crippen molar-refractivity contribution in [3.63, 3.8) is 0 Å². The molecule has 0 spiro atoms. The number of anilines is 2. The number of amides is 1. The molecule has 0 bridgehead atoms. The summed E-state index contributed by atoms with van der Waals surface area (Å²) < 4.78 is 2.40. The van der Waals surface area contributed by atoms with Crippen LogP contribution in [0.2, 0.25) is 0 Å². The smallest absolute Gasteiger partial charge is 0.226 e. The maximum atomic E-state index is 12.5. The number of benzene rings is 1. The number of likely N-dealkylation sites (N-methyl/N-ethyl adjacent to an activating group) is 1. The van der Waals surface area contributed by atoms with E-state index in [-0.39, 0.29) is 5.91 Å². The van der Waals surface area contributed by atoms with Gasteiger partial charge < -0.3 is 15.1 Å². The van der Waals surface area contributed by atoms with Crippen LogP contribution in [0.5, 0.6) is 0 Å². The van der Waals surface area contributed by atoms with Gasteiger partial charge in [0.25, 0.3) is 0 Å². The normalized spacial score (nSPS) is 14.8. The quantitative estimate of drug-likeness (QED) is 0.569. The number of hydrogen-bond acceptors (Lipinski definition) is 6. The molecule has 3 aromatic rings. The molecular weight excluding hydrogens is 416 g/mol. The van der Waals surface area contributed by atoms with Gasteiger partial charge in [0.15, 0.2) is 10.6 Å². The molecule has 0 aliphatic carbocycles. The molecule has 9 heteroatoms. The number of H-pyrrole nitrogens is 1. The van der Waals surface area contributed by atoms with Gasteiger partial charge in [-0.2, -0.15) is 5.10 Å². The minimum atomic E-state index is -0.0398. The number of thiophene rings is 1. The van der Waals surface area contributed by atoms with Crippen molar-refractivity contribution in [1.82, 2.24) is 19.7 Å². The van der Waals surface area contributed by atoms with Gasteiger partial charge in [0.2, 0.25) is 5.91 Å². The molecule has 3 heterocycles. The minimum absolute atomic E-state index is 0.0398. The third-order valence-corrected chi connectivity index (χ3v) is 6.56. The highest BCUT2D eigenvalue weighted by Gasteiger charge is 2.16. The van der Waals surface area contributed by atoms with E-state index in [1.807, 2.05) is 34.2 Å². The number of nitrogens with zero attached hydrogens (tertiary/aromatic N) is 4. The Morgan fingerprint density at radius 1 is 1.27 bits per heavy atom. The molecule has 0 unspecified atom stereocenters. The van der Waals surface area contributed by atoms with Crippen molar-refractivity contribution in [3.05, 3.63) is 46.0 Å². The van der Waals surface area contributed by atoms with Gasteiger partial charge in [-0.05, 0) is 61.4 Å². The van der Waals surface area contributed by atoms with E-state index >= 15 is 0 Å². The first-order chi connectivity index (χ1) is 14.5. The minimum Gasteiger partial charge on any atom is -0.369 e. The standard InChI is InChI=1S/C21H26N6OS2/c1-15-14-16(5-6-17(15)26-11-9-25(2)10-12-26)22-19(28)7-8-27-20(23-24-21(27)29)18-4-3-13-30-18/h3-6,13-14H,7-12H2,1-2H3,(H,22,28)(H,24,29). The highest BCUT2D eigenvalue weighted by molar-refractivity contribution is 7.71. The van der Waals surface area contributed by atoms with Gasteiger partial charge in [-0.15, -0.1) is 11.3 Å². The summed E-state index contributed by atoms with van der Waals surface area (Å²) in [4.78, 5) is 18.3. The number of rotatable bonds is 6. The van der Waals surface area contributed by atoms with Gasteiger partial charge in [0.05, 0.1) is 4.88 Å². The van der Waals surface area contributed by atoms with Crippen LogP contribution in [0.25, 0.3) is 10.7 Å². The van der Waals surface area contributed by atoms with Crippen molar-refractivity contribution in [2.24, 2.45) is 0 Å². The van der Waals surface area contributed by atoms with Gasteiger partial charge >= 0.3 is 0 Å². The second kappa shape index (κ2) is 9.11. The molecule has 2 aromatic heterocycles. The van der Waals surface area contributed by atoms with Crippen LogP contribution in [0.4, 0.5) is 11.4 Å². The predicted octanol–water partition coefficient (Wildman–Crippen LogP) is 3.76. The Bertz CT molecular complexity index is 1060. The van der Waals surface area contributed by atoms with Crippen LogP contribution in [0.3, 0.4) is 0 Å². The summed E-state index contributed by atoms with van der Waals surface area (Å²) in [5, 5.41) is 12.2. The average molecular weight is 443 g/mol. The Balaban J connectivity index is 1.38. The topological polar surface area (TPSA) is 69.2 Å². The maximum absolute atomic E-state index is 12.5. The SMILES string of the molecule is Cc1cc(NC(=O)CCn2c(-c3cccs3)n[nH]c2=S)ccc1N1CCN(C)CC1. The maximum Gasteiger partial charge on any atom is 0.226 e. The summed E-state index contributed by atoms with van der Waals surface area (Å²) in [6.45, 7) is 6.78. The molecule has 30 heavy (non-hydrogen) atoms. The van der Waals surface area contributed by atoms with E-state index in [1.165, 1.54) is 11.3 Å². The molecule has 1 saturated heterocycles. The first-order valence-corrected chi connectivity index (χ1v) is 11.3. The lowest BCUT2D eigenvalue weighted by atomic mass is 10.1. The summed E-state index contributed by atoms with van der Waals surface area (Å²) in [5.74, 6) is 0.733. The summed E-state index contributed by atoms with van der Waals surface area (Å²) in [6, 6.07) is 10.1. The zero-order valence-corrected chi connectivity index (χ0v) is 18.9. The highest BCUT2D eigenvalue weighted by atomic mass is 32.1. The lowest BCUT2D eigenvalue weighted by Crippen LogP contribution is -2.44. The van der Waals surface area contributed by atoms with Gasteiger partial charge in [-0.25, -0.2) is 0 Å². The van der Waals surface area contributed by atoms with E-state index in [9.17, 15) is 4.79 Å². The molecule has 1 aromatic carbocycles. The number of piperazine rings is 1. The molecule has 1 fully saturated rings. The third-order valence-electron chi connectivity index (χ3n) is 5.39. The van der Waals surface area contributed by atoms with Crippen LogP contribution in [-0.2, 0) is 11.3 Å². The summed E-state index contributed by atoms with van der Waals surface area (Å²) >= 11 is 6.94. The second-order valence-corrected chi connectivity index (χ2v) is 8.91. The molecule has 4 rings (SSSR count). The largest absolute Gasteiger partial charge is 0.369 e. The molecule has 0 radical (unpaired) electrons. The molecule has 1 aliphatic rings. The molecule has 1 amide bonds. The number of nitrogens with one attached hydrogen (secondary N) is 2. The van der Waals surface area contributed by atoms with Crippen LogP contribution in [0.1, 0.15) is 12.0 Å². The van der Waals surface area contributed by atoms with Crippen molar-refractivity contribution in [1.29, 1.82) is 0 Å². The fraction of sp³-hybridized carbons (Fsp3) is 0.381. The molecule has 2 N–H and O–H groups in total. The van der Waals surface area contributed by atoms with Gasteiger partial charge in [-0.3, -0.25) is 14.5 Å². The van der Waals surface area contributed by atoms with Crippen molar-refractivity contribution in [2.75, 3.05) is 43.4 Å². The lowest BCUT2D eigenvalue weighted by Gasteiger charge is -2.35. The number of hydrogen-bond donors (Lipinski definition) is 2. The van der Waals surface area contributed by atoms with Crippen LogP contribution >= 0.6 is 23.6 Å². The second-order valence-electron chi connectivity index (χ2n) is 7.57. The van der Waals surface area contributed by atoms with E-state index in [0.717, 1.165) is 42.6 Å². The number of aryl methyl sites for hydroxylation is 1. The van der Waals surface area contributed by atoms with Crippen LogP contribution in [0.15, 0.2) is 35.7 Å². The van der Waals surface area contributed by atoms with E-state index in [4.69, 9.17) is 12.2 Å². The zero-order chi connectivity index (χ0) is 21.1. The van der Waals surface area contributed by atoms with Crippen molar-refractivity contribution in [3.8, 4) is 10.7 Å². The molecule has 1 aliphatic heterocycles. The van der Waals surface area contributed by atoms with Crippen molar-refractivity contribution < 1.29 is 4.79 Å². The average Bonchev–Trinajstić information content (AvgIpc) is 3.37. The van der Waals surface area contributed by atoms with Crippen molar-refractivity contribution >= 4 is 40.8 Å². The van der Waals surface area contributed by atoms with Gasteiger partial charge in [0, 0.05) is 50.5 Å². The monoisotopic (exact) mass is 442 g/mol. The number of aromatic amines is 1. The fourth-order valence-electron chi connectivity index (χ4n) is 3.69. The number of carbonyl (C=O) groups excluding carboxylic acids is 1. The van der Waals surface area contributed by atoms with E-state index in [0.29, 0.717) is 17.7 Å². The molecule has 7 nitrogen and oxygen atoms in total. The zero-order valence-electron chi connectivity index (χ0n) is 17.2. The van der Waals surface area contributed by atoms with E-state index < -0.39 is 0 Å². The first kappa shape index (κ1) is 20.8. The third kappa shape index (κ3) is 4.63. The van der Waals surface area contributed by atoms with E-state index in [2.05, 4.69) is 45.4 Å². The number of carbonyl (C=O) groups is 1. The summed E-state index contributed by atoms with van der Waals surface area (Å²) in [6.07, 6.45) is 0.325. The van der Waals surface area contributed by atoms with Crippen LogP contribution < -0.4 is 10.2 Å². The summed E-state index contributed by atoms with van der Waals surface area (Å²) in [5.41, 5.74) is 3.24. The number of aromatic nitrogens is 3. The Morgan fingerprint density at radius 2 is 2.07 bits per heavy atom.